The molecule has 1 unspecified atom stereocenters. The minimum Gasteiger partial charge on any atom is -0.388 e. The number of hydrogen-bond donors (Lipinski definition) is 1. The molecule has 0 aromatic heterocycles. The van der Waals surface area contributed by atoms with Crippen LogP contribution in [0.15, 0.2) is 54.6 Å². The molecule has 3 heteroatoms. The predicted octanol–water partition coefficient (Wildman–Crippen LogP) is 3.94. The average Bonchev–Trinajstić information content (AvgIpc) is 2.52. The van der Waals surface area contributed by atoms with E-state index in [-0.39, 0.29) is 0 Å². The zero-order valence-corrected chi connectivity index (χ0v) is 13.1. The number of halogens is 1. The second-order valence-corrected chi connectivity index (χ2v) is 5.83. The number of nitrogens with zero attached hydrogens (tertiary/aromatic N) is 1. The molecule has 0 aliphatic carbocycles. The van der Waals surface area contributed by atoms with Crippen molar-refractivity contribution in [3.63, 3.8) is 0 Å². The fourth-order valence-electron chi connectivity index (χ4n) is 2.27. The average molecular weight is 304 g/mol. The van der Waals surface area contributed by atoms with Crippen molar-refractivity contribution >= 4 is 11.6 Å². The highest BCUT2D eigenvalue weighted by molar-refractivity contribution is 6.30. The van der Waals surface area contributed by atoms with Crippen LogP contribution in [0, 0.1) is 0 Å². The highest BCUT2D eigenvalue weighted by atomic mass is 35.5. The quantitative estimate of drug-likeness (QED) is 0.837. The third-order valence-electron chi connectivity index (χ3n) is 3.66. The SMILES string of the molecule is CN(CCc1ccccc1)CCC(O)c1ccc(Cl)cc1. The molecular formula is C18H22ClNO. The molecule has 2 aromatic rings. The summed E-state index contributed by atoms with van der Waals surface area (Å²) >= 11 is 5.85. The van der Waals surface area contributed by atoms with Crippen molar-refractivity contribution in [1.82, 2.24) is 4.90 Å². The van der Waals surface area contributed by atoms with Crippen LogP contribution in [0.2, 0.25) is 5.02 Å². The predicted molar refractivity (Wildman–Crippen MR) is 88.7 cm³/mol. The van der Waals surface area contributed by atoms with E-state index in [1.54, 1.807) is 0 Å². The second kappa shape index (κ2) is 8.18. The van der Waals surface area contributed by atoms with Gasteiger partial charge in [-0.25, -0.2) is 0 Å². The van der Waals surface area contributed by atoms with Gasteiger partial charge < -0.3 is 10.0 Å². The number of aliphatic hydroxyl groups is 1. The Kier molecular flexibility index (Phi) is 6.24. The van der Waals surface area contributed by atoms with Crippen LogP contribution in [0.5, 0.6) is 0 Å². The van der Waals surface area contributed by atoms with Gasteiger partial charge in [0.25, 0.3) is 0 Å². The molecule has 2 nitrogen and oxygen atoms in total. The zero-order chi connectivity index (χ0) is 15.1. The molecule has 0 saturated heterocycles. The molecule has 0 aliphatic heterocycles. The molecule has 0 saturated carbocycles. The number of hydrogen-bond acceptors (Lipinski definition) is 2. The lowest BCUT2D eigenvalue weighted by Crippen LogP contribution is -2.23. The van der Waals surface area contributed by atoms with Crippen LogP contribution in [-0.4, -0.2) is 30.1 Å². The first kappa shape index (κ1) is 16.0. The molecule has 0 bridgehead atoms. The van der Waals surface area contributed by atoms with Gasteiger partial charge in [-0.15, -0.1) is 0 Å². The molecule has 2 aromatic carbocycles. The first-order valence-electron chi connectivity index (χ1n) is 7.31. The molecule has 0 aliphatic rings. The first-order chi connectivity index (χ1) is 10.1. The molecule has 0 amide bonds. The van der Waals surface area contributed by atoms with Crippen LogP contribution in [-0.2, 0) is 6.42 Å². The molecule has 0 spiro atoms. The number of benzene rings is 2. The van der Waals surface area contributed by atoms with Crippen molar-refractivity contribution in [2.24, 2.45) is 0 Å². The van der Waals surface area contributed by atoms with Crippen LogP contribution in [0.25, 0.3) is 0 Å². The van der Waals surface area contributed by atoms with Gasteiger partial charge in [0.1, 0.15) is 0 Å². The van der Waals surface area contributed by atoms with Gasteiger partial charge in [-0.3, -0.25) is 0 Å². The maximum atomic E-state index is 10.2. The molecular weight excluding hydrogens is 282 g/mol. The standard InChI is InChI=1S/C18H22ClNO/c1-20(13-11-15-5-3-2-4-6-15)14-12-18(21)16-7-9-17(19)10-8-16/h2-10,18,21H,11-14H2,1H3. The second-order valence-electron chi connectivity index (χ2n) is 5.39. The number of likely N-dealkylation sites (N-methyl/N-ethyl adjacent to an activating group) is 1. The van der Waals surface area contributed by atoms with Crippen molar-refractivity contribution in [3.05, 3.63) is 70.7 Å². The van der Waals surface area contributed by atoms with Crippen LogP contribution in [0.3, 0.4) is 0 Å². The van der Waals surface area contributed by atoms with Crippen LogP contribution < -0.4 is 0 Å². The summed E-state index contributed by atoms with van der Waals surface area (Å²) in [5, 5.41) is 10.9. The third kappa shape index (κ3) is 5.50. The van der Waals surface area contributed by atoms with E-state index in [2.05, 4.69) is 36.2 Å². The smallest absolute Gasteiger partial charge is 0.0802 e. The Bertz CT molecular complexity index is 527. The summed E-state index contributed by atoms with van der Waals surface area (Å²) in [5.74, 6) is 0. The van der Waals surface area contributed by atoms with Crippen LogP contribution in [0.4, 0.5) is 0 Å². The van der Waals surface area contributed by atoms with E-state index >= 15 is 0 Å². The fraction of sp³-hybridized carbons (Fsp3) is 0.333. The van der Waals surface area contributed by atoms with E-state index in [1.807, 2.05) is 30.3 Å². The van der Waals surface area contributed by atoms with Gasteiger partial charge in [0.05, 0.1) is 6.10 Å². The summed E-state index contributed by atoms with van der Waals surface area (Å²) in [7, 11) is 2.09. The summed E-state index contributed by atoms with van der Waals surface area (Å²) in [6, 6.07) is 17.9. The zero-order valence-electron chi connectivity index (χ0n) is 12.4. The molecule has 0 fully saturated rings. The first-order valence-corrected chi connectivity index (χ1v) is 7.69. The normalized spacial score (nSPS) is 12.6. The van der Waals surface area contributed by atoms with Gasteiger partial charge >= 0.3 is 0 Å². The Balaban J connectivity index is 1.73. The Morgan fingerprint density at radius 1 is 1.00 bits per heavy atom. The topological polar surface area (TPSA) is 23.5 Å². The van der Waals surface area contributed by atoms with Crippen molar-refractivity contribution in [3.8, 4) is 0 Å². The molecule has 21 heavy (non-hydrogen) atoms. The highest BCUT2D eigenvalue weighted by Gasteiger charge is 2.09. The minimum atomic E-state index is -0.429. The Labute approximate surface area is 132 Å². The van der Waals surface area contributed by atoms with E-state index in [0.717, 1.165) is 31.5 Å². The Morgan fingerprint density at radius 2 is 1.67 bits per heavy atom. The van der Waals surface area contributed by atoms with Gasteiger partial charge in [-0.05, 0) is 43.1 Å². The van der Waals surface area contributed by atoms with E-state index in [1.165, 1.54) is 5.56 Å². The van der Waals surface area contributed by atoms with Crippen molar-refractivity contribution in [2.75, 3.05) is 20.1 Å². The fourth-order valence-corrected chi connectivity index (χ4v) is 2.40. The van der Waals surface area contributed by atoms with Gasteiger partial charge in [-0.1, -0.05) is 54.1 Å². The van der Waals surface area contributed by atoms with Crippen LogP contribution >= 0.6 is 11.6 Å². The molecule has 1 N–H and O–H groups in total. The summed E-state index contributed by atoms with van der Waals surface area (Å²) in [6.45, 7) is 1.87. The summed E-state index contributed by atoms with van der Waals surface area (Å²) < 4.78 is 0. The van der Waals surface area contributed by atoms with Gasteiger partial charge in [0, 0.05) is 18.1 Å². The Morgan fingerprint density at radius 3 is 2.33 bits per heavy atom. The lowest BCUT2D eigenvalue weighted by molar-refractivity contribution is 0.149. The lowest BCUT2D eigenvalue weighted by atomic mass is 10.1. The monoisotopic (exact) mass is 303 g/mol. The van der Waals surface area contributed by atoms with Gasteiger partial charge in [-0.2, -0.15) is 0 Å². The van der Waals surface area contributed by atoms with Crippen LogP contribution in [0.1, 0.15) is 23.7 Å². The highest BCUT2D eigenvalue weighted by Crippen LogP contribution is 2.19. The number of aliphatic hydroxyl groups excluding tert-OH is 1. The molecule has 0 radical (unpaired) electrons. The largest absolute Gasteiger partial charge is 0.388 e. The van der Waals surface area contributed by atoms with Gasteiger partial charge in [0.15, 0.2) is 0 Å². The third-order valence-corrected chi connectivity index (χ3v) is 3.92. The van der Waals surface area contributed by atoms with E-state index in [9.17, 15) is 5.11 Å². The van der Waals surface area contributed by atoms with Crippen molar-refractivity contribution in [1.29, 1.82) is 0 Å². The summed E-state index contributed by atoms with van der Waals surface area (Å²) in [4.78, 5) is 2.26. The summed E-state index contributed by atoms with van der Waals surface area (Å²) in [5.41, 5.74) is 2.28. The molecule has 0 heterocycles. The molecule has 2 rings (SSSR count). The van der Waals surface area contributed by atoms with E-state index in [4.69, 9.17) is 11.6 Å². The molecule has 1 atom stereocenters. The van der Waals surface area contributed by atoms with Gasteiger partial charge in [0.2, 0.25) is 0 Å². The Hall–Kier alpha value is -1.35. The van der Waals surface area contributed by atoms with Crippen molar-refractivity contribution < 1.29 is 5.11 Å². The van der Waals surface area contributed by atoms with E-state index in [0.29, 0.717) is 5.02 Å². The lowest BCUT2D eigenvalue weighted by Gasteiger charge is -2.19. The maximum Gasteiger partial charge on any atom is 0.0802 e. The maximum absolute atomic E-state index is 10.2. The van der Waals surface area contributed by atoms with E-state index < -0.39 is 6.10 Å². The summed E-state index contributed by atoms with van der Waals surface area (Å²) in [6.07, 6.45) is 1.34. The number of rotatable bonds is 7. The minimum absolute atomic E-state index is 0.429. The van der Waals surface area contributed by atoms with Crippen molar-refractivity contribution in [2.45, 2.75) is 18.9 Å². The molecule has 112 valence electrons.